The molecule has 2 atom stereocenters. The summed E-state index contributed by atoms with van der Waals surface area (Å²) in [6.07, 6.45) is 0.236. The van der Waals surface area contributed by atoms with E-state index < -0.39 is 32.8 Å². The lowest BCUT2D eigenvalue weighted by Gasteiger charge is -2.28. The number of sulfonamides is 1. The quantitative estimate of drug-likeness (QED) is 0.762. The van der Waals surface area contributed by atoms with Crippen LogP contribution < -0.4 is 4.72 Å². The number of carbonyl (C=O) groups is 1. The van der Waals surface area contributed by atoms with Gasteiger partial charge in [-0.05, 0) is 38.5 Å². The Hall–Kier alpha value is -1.64. The predicted molar refractivity (Wildman–Crippen MR) is 73.8 cm³/mol. The molecule has 3 N–H and O–H groups in total. The van der Waals surface area contributed by atoms with Crippen LogP contribution in [0, 0.1) is 0 Å². The first-order valence-corrected chi connectivity index (χ1v) is 7.86. The molecule has 1 fully saturated rings. The Bertz CT molecular complexity index is 671. The van der Waals surface area contributed by atoms with Crippen molar-refractivity contribution < 1.29 is 28.2 Å². The second-order valence-corrected chi connectivity index (χ2v) is 6.95. The number of phenols is 1. The topological polar surface area (TPSA) is 113 Å². The van der Waals surface area contributed by atoms with Gasteiger partial charge in [-0.2, -0.15) is 0 Å². The molecule has 0 amide bonds. The van der Waals surface area contributed by atoms with Crippen LogP contribution in [-0.4, -0.2) is 42.8 Å². The second kappa shape index (κ2) is 5.28. The Morgan fingerprint density at radius 1 is 1.48 bits per heavy atom. The highest BCUT2D eigenvalue weighted by Gasteiger charge is 2.40. The number of aromatic carboxylic acids is 1. The Labute approximate surface area is 122 Å². The fourth-order valence-corrected chi connectivity index (χ4v) is 3.71. The molecule has 7 nitrogen and oxygen atoms in total. The molecular formula is C13H17NO6S. The summed E-state index contributed by atoms with van der Waals surface area (Å²) in [5.74, 6) is -1.88. The number of aromatic hydroxyl groups is 1. The van der Waals surface area contributed by atoms with Gasteiger partial charge in [0, 0.05) is 6.61 Å². The maximum Gasteiger partial charge on any atom is 0.339 e. The van der Waals surface area contributed by atoms with Crippen molar-refractivity contribution in [3.63, 3.8) is 0 Å². The summed E-state index contributed by atoms with van der Waals surface area (Å²) in [6, 6.07) is 3.15. The summed E-state index contributed by atoms with van der Waals surface area (Å²) >= 11 is 0. The van der Waals surface area contributed by atoms with Gasteiger partial charge >= 0.3 is 5.97 Å². The third kappa shape index (κ3) is 3.02. The van der Waals surface area contributed by atoms with Crippen molar-refractivity contribution in [3.8, 4) is 5.75 Å². The van der Waals surface area contributed by atoms with Crippen LogP contribution in [0.15, 0.2) is 23.1 Å². The van der Waals surface area contributed by atoms with Gasteiger partial charge in [0.2, 0.25) is 10.0 Å². The third-order valence-corrected chi connectivity index (χ3v) is 5.37. The Kier molecular flexibility index (Phi) is 3.96. The van der Waals surface area contributed by atoms with Crippen LogP contribution in [0.4, 0.5) is 0 Å². The Morgan fingerprint density at radius 2 is 2.14 bits per heavy atom. The summed E-state index contributed by atoms with van der Waals surface area (Å²) in [6.45, 7) is 3.96. The van der Waals surface area contributed by atoms with Crippen molar-refractivity contribution in [3.05, 3.63) is 23.8 Å². The predicted octanol–water partition coefficient (Wildman–Crippen LogP) is 0.936. The lowest BCUT2D eigenvalue weighted by Crippen LogP contribution is -2.50. The fraction of sp³-hybridized carbons (Fsp3) is 0.462. The number of ether oxygens (including phenoxy) is 1. The van der Waals surface area contributed by atoms with E-state index in [0.717, 1.165) is 18.2 Å². The van der Waals surface area contributed by atoms with Crippen LogP contribution in [-0.2, 0) is 14.8 Å². The van der Waals surface area contributed by atoms with Gasteiger partial charge in [-0.1, -0.05) is 0 Å². The van der Waals surface area contributed by atoms with E-state index >= 15 is 0 Å². The normalized spacial score (nSPS) is 25.9. The summed E-state index contributed by atoms with van der Waals surface area (Å²) in [4.78, 5) is 10.8. The zero-order valence-electron chi connectivity index (χ0n) is 11.7. The zero-order chi connectivity index (χ0) is 15.8. The summed E-state index contributed by atoms with van der Waals surface area (Å²) < 4.78 is 32.7. The lowest BCUT2D eigenvalue weighted by atomic mass is 9.97. The molecule has 1 saturated heterocycles. The van der Waals surface area contributed by atoms with Crippen LogP contribution in [0.3, 0.4) is 0 Å². The molecule has 1 aliphatic rings. The molecule has 1 aromatic rings. The summed E-state index contributed by atoms with van der Waals surface area (Å²) in [7, 11) is -3.91. The van der Waals surface area contributed by atoms with Gasteiger partial charge in [-0.15, -0.1) is 0 Å². The van der Waals surface area contributed by atoms with Gasteiger partial charge in [-0.3, -0.25) is 0 Å². The molecule has 1 heterocycles. The van der Waals surface area contributed by atoms with Crippen LogP contribution in [0.2, 0.25) is 0 Å². The van der Waals surface area contributed by atoms with E-state index in [-0.39, 0.29) is 11.0 Å². The molecule has 2 rings (SSSR count). The minimum absolute atomic E-state index is 0.210. The van der Waals surface area contributed by atoms with Crippen LogP contribution in [0.25, 0.3) is 0 Å². The van der Waals surface area contributed by atoms with Gasteiger partial charge in [0.25, 0.3) is 0 Å². The Balaban J connectivity index is 2.36. The van der Waals surface area contributed by atoms with Crippen LogP contribution in [0.5, 0.6) is 5.75 Å². The number of hydrogen-bond donors (Lipinski definition) is 3. The maximum absolute atomic E-state index is 12.4. The van der Waals surface area contributed by atoms with Gasteiger partial charge in [0.05, 0.1) is 16.5 Å². The van der Waals surface area contributed by atoms with Crippen molar-refractivity contribution in [2.24, 2.45) is 0 Å². The van der Waals surface area contributed by atoms with E-state index in [1.165, 1.54) is 0 Å². The van der Waals surface area contributed by atoms with Gasteiger partial charge in [0.1, 0.15) is 11.3 Å². The lowest BCUT2D eigenvalue weighted by molar-refractivity contribution is 0.0693. The largest absolute Gasteiger partial charge is 0.507 e. The van der Waals surface area contributed by atoms with E-state index in [1.54, 1.807) is 13.8 Å². The smallest absolute Gasteiger partial charge is 0.339 e. The highest BCUT2D eigenvalue weighted by molar-refractivity contribution is 7.89. The first kappa shape index (κ1) is 15.7. The summed E-state index contributed by atoms with van der Waals surface area (Å²) in [5, 5.41) is 18.4. The Morgan fingerprint density at radius 3 is 2.67 bits per heavy atom. The molecule has 1 aliphatic heterocycles. The van der Waals surface area contributed by atoms with Crippen LogP contribution in [0.1, 0.15) is 30.6 Å². The molecule has 0 saturated carbocycles. The number of benzene rings is 1. The minimum atomic E-state index is -3.91. The fourth-order valence-electron chi connectivity index (χ4n) is 2.19. The van der Waals surface area contributed by atoms with E-state index in [9.17, 15) is 18.3 Å². The zero-order valence-corrected chi connectivity index (χ0v) is 12.5. The van der Waals surface area contributed by atoms with Gasteiger partial charge in [0.15, 0.2) is 0 Å². The van der Waals surface area contributed by atoms with Gasteiger partial charge in [-0.25, -0.2) is 17.9 Å². The second-order valence-electron chi connectivity index (χ2n) is 5.27. The van der Waals surface area contributed by atoms with E-state index in [4.69, 9.17) is 9.84 Å². The number of hydrogen-bond acceptors (Lipinski definition) is 5. The molecule has 0 radical (unpaired) electrons. The monoisotopic (exact) mass is 315 g/mol. The number of rotatable bonds is 4. The molecule has 21 heavy (non-hydrogen) atoms. The molecular weight excluding hydrogens is 298 g/mol. The molecule has 0 aromatic heterocycles. The van der Waals surface area contributed by atoms with E-state index in [2.05, 4.69) is 4.72 Å². The highest BCUT2D eigenvalue weighted by Crippen LogP contribution is 2.28. The number of carboxylic acid groups (broad SMARTS) is 1. The summed E-state index contributed by atoms with van der Waals surface area (Å²) in [5.41, 5.74) is -1.21. The maximum atomic E-state index is 12.4. The molecule has 2 unspecified atom stereocenters. The van der Waals surface area contributed by atoms with Crippen molar-refractivity contribution in [2.45, 2.75) is 36.8 Å². The molecule has 0 spiro atoms. The highest BCUT2D eigenvalue weighted by atomic mass is 32.2. The molecule has 0 aliphatic carbocycles. The first-order valence-electron chi connectivity index (χ1n) is 6.37. The van der Waals surface area contributed by atoms with E-state index in [1.807, 2.05) is 0 Å². The third-order valence-electron chi connectivity index (χ3n) is 3.76. The average Bonchev–Trinajstić information content (AvgIpc) is 2.68. The number of carboxylic acids is 1. The molecule has 0 bridgehead atoms. The van der Waals surface area contributed by atoms with Crippen molar-refractivity contribution in [1.82, 2.24) is 4.72 Å². The van der Waals surface area contributed by atoms with Gasteiger partial charge < -0.3 is 14.9 Å². The van der Waals surface area contributed by atoms with E-state index in [0.29, 0.717) is 13.0 Å². The standard InChI is InChI=1S/C13H17NO6S/c1-8-13(2,5-6-20-8)14-21(18,19)9-3-4-11(15)10(7-9)12(16)17/h3-4,7-8,14-15H,5-6H2,1-2H3,(H,16,17). The minimum Gasteiger partial charge on any atom is -0.507 e. The van der Waals surface area contributed by atoms with Crippen LogP contribution >= 0.6 is 0 Å². The molecule has 1 aromatic carbocycles. The molecule has 8 heteroatoms. The first-order chi connectivity index (χ1) is 9.66. The van der Waals surface area contributed by atoms with Crippen molar-refractivity contribution >= 4 is 16.0 Å². The SMILES string of the molecule is CC1OCCC1(C)NS(=O)(=O)c1ccc(O)c(C(=O)O)c1. The van der Waals surface area contributed by atoms with Crippen molar-refractivity contribution in [2.75, 3.05) is 6.61 Å². The number of nitrogens with one attached hydrogen (secondary N) is 1. The van der Waals surface area contributed by atoms with Crippen molar-refractivity contribution in [1.29, 1.82) is 0 Å². The molecule has 116 valence electrons. The average molecular weight is 315 g/mol.